The van der Waals surface area contributed by atoms with Crippen molar-refractivity contribution in [3.8, 4) is 0 Å². The van der Waals surface area contributed by atoms with Crippen LogP contribution in [0.1, 0.15) is 6.92 Å². The largest absolute Gasteiger partial charge is 0.389 e. The third-order valence-corrected chi connectivity index (χ3v) is 2.63. The van der Waals surface area contributed by atoms with E-state index < -0.39 is 6.10 Å². The molecule has 0 fully saturated rings. The molecule has 1 rings (SSSR count). The average molecular weight is 292 g/mol. The van der Waals surface area contributed by atoms with Crippen LogP contribution in [0.15, 0.2) is 22.7 Å². The van der Waals surface area contributed by atoms with Crippen LogP contribution in [0.2, 0.25) is 0 Å². The third kappa shape index (κ3) is 4.47. The van der Waals surface area contributed by atoms with Crippen molar-refractivity contribution in [1.82, 2.24) is 0 Å². The molecule has 0 saturated heterocycles. The monoisotopic (exact) mass is 291 g/mol. The molecule has 0 spiro atoms. The molecule has 0 radical (unpaired) electrons. The predicted octanol–water partition coefficient (Wildman–Crippen LogP) is 2.40. The van der Waals surface area contributed by atoms with Gasteiger partial charge in [0.2, 0.25) is 0 Å². The lowest BCUT2D eigenvalue weighted by Crippen LogP contribution is -2.24. The van der Waals surface area contributed by atoms with Crippen LogP contribution in [0.3, 0.4) is 0 Å². The van der Waals surface area contributed by atoms with Gasteiger partial charge in [-0.1, -0.05) is 0 Å². The van der Waals surface area contributed by atoms with Crippen LogP contribution in [-0.4, -0.2) is 31.0 Å². The molecule has 1 unspecified atom stereocenters. The van der Waals surface area contributed by atoms with E-state index in [1.807, 2.05) is 6.92 Å². The average Bonchev–Trinajstić information content (AvgIpc) is 2.25. The van der Waals surface area contributed by atoms with Crippen molar-refractivity contribution in [3.63, 3.8) is 0 Å². The lowest BCUT2D eigenvalue weighted by Gasteiger charge is -2.13. The number of ether oxygens (including phenoxy) is 1. The normalized spacial score (nSPS) is 12.5. The summed E-state index contributed by atoms with van der Waals surface area (Å²) in [6.07, 6.45) is -0.572. The van der Waals surface area contributed by atoms with E-state index in [9.17, 15) is 9.50 Å². The topological polar surface area (TPSA) is 41.5 Å². The highest BCUT2D eigenvalue weighted by atomic mass is 79.9. The zero-order valence-corrected chi connectivity index (χ0v) is 10.6. The number of halogens is 2. The highest BCUT2D eigenvalue weighted by Crippen LogP contribution is 2.22. The minimum atomic E-state index is -0.572. The van der Waals surface area contributed by atoms with Crippen molar-refractivity contribution in [2.45, 2.75) is 13.0 Å². The Morgan fingerprint density at radius 1 is 1.56 bits per heavy atom. The lowest BCUT2D eigenvalue weighted by molar-refractivity contribution is 0.0496. The van der Waals surface area contributed by atoms with Crippen molar-refractivity contribution in [3.05, 3.63) is 28.5 Å². The van der Waals surface area contributed by atoms with Crippen LogP contribution < -0.4 is 5.32 Å². The van der Waals surface area contributed by atoms with E-state index in [2.05, 4.69) is 21.2 Å². The summed E-state index contributed by atoms with van der Waals surface area (Å²) in [5.41, 5.74) is 0.747. The third-order valence-electron chi connectivity index (χ3n) is 1.97. The number of aliphatic hydroxyl groups is 1. The van der Waals surface area contributed by atoms with E-state index in [0.717, 1.165) is 5.69 Å². The summed E-state index contributed by atoms with van der Waals surface area (Å²) in [6, 6.07) is 4.35. The number of rotatable bonds is 6. The Hall–Kier alpha value is -0.650. The molecule has 1 atom stereocenters. The van der Waals surface area contributed by atoms with Gasteiger partial charge in [0.25, 0.3) is 0 Å². The summed E-state index contributed by atoms with van der Waals surface area (Å²) in [7, 11) is 0. The standard InChI is InChI=1S/C11H15BrFNO2/c1-2-16-7-9(15)6-14-11-4-3-8(13)5-10(11)12/h3-5,9,14-15H,2,6-7H2,1H3. The summed E-state index contributed by atoms with van der Waals surface area (Å²) in [4.78, 5) is 0. The van der Waals surface area contributed by atoms with E-state index in [4.69, 9.17) is 4.74 Å². The minimum absolute atomic E-state index is 0.294. The van der Waals surface area contributed by atoms with E-state index >= 15 is 0 Å². The van der Waals surface area contributed by atoms with Crippen LogP contribution in [0.25, 0.3) is 0 Å². The molecule has 1 aromatic carbocycles. The van der Waals surface area contributed by atoms with E-state index in [1.165, 1.54) is 12.1 Å². The molecule has 0 aromatic heterocycles. The van der Waals surface area contributed by atoms with Gasteiger partial charge in [0.1, 0.15) is 5.82 Å². The highest BCUT2D eigenvalue weighted by molar-refractivity contribution is 9.10. The van der Waals surface area contributed by atoms with Crippen molar-refractivity contribution >= 4 is 21.6 Å². The van der Waals surface area contributed by atoms with E-state index in [-0.39, 0.29) is 5.82 Å². The first-order chi connectivity index (χ1) is 7.63. The summed E-state index contributed by atoms with van der Waals surface area (Å²) in [5, 5.41) is 12.5. The van der Waals surface area contributed by atoms with Crippen molar-refractivity contribution in [2.75, 3.05) is 25.1 Å². The fraction of sp³-hybridized carbons (Fsp3) is 0.455. The SMILES string of the molecule is CCOCC(O)CNc1ccc(F)cc1Br. The Labute approximate surface area is 103 Å². The first-order valence-electron chi connectivity index (χ1n) is 5.08. The highest BCUT2D eigenvalue weighted by Gasteiger charge is 2.05. The molecule has 0 saturated carbocycles. The van der Waals surface area contributed by atoms with E-state index in [0.29, 0.717) is 24.2 Å². The number of benzene rings is 1. The Balaban J connectivity index is 2.42. The fourth-order valence-corrected chi connectivity index (χ4v) is 1.66. The molecule has 0 heterocycles. The van der Waals surface area contributed by atoms with Gasteiger partial charge >= 0.3 is 0 Å². The first kappa shape index (κ1) is 13.4. The van der Waals surface area contributed by atoms with Gasteiger partial charge in [-0.2, -0.15) is 0 Å². The maximum atomic E-state index is 12.8. The van der Waals surface area contributed by atoms with Gasteiger partial charge in [-0.25, -0.2) is 4.39 Å². The Morgan fingerprint density at radius 2 is 2.31 bits per heavy atom. The number of nitrogens with one attached hydrogen (secondary N) is 1. The van der Waals surface area contributed by atoms with Crippen LogP contribution in [0.4, 0.5) is 10.1 Å². The molecule has 2 N–H and O–H groups in total. The second-order valence-corrected chi connectivity index (χ2v) is 4.17. The van der Waals surface area contributed by atoms with Gasteiger partial charge in [-0.3, -0.25) is 0 Å². The second kappa shape index (κ2) is 6.83. The predicted molar refractivity (Wildman–Crippen MR) is 65.1 cm³/mol. The molecule has 0 bridgehead atoms. The maximum absolute atomic E-state index is 12.8. The van der Waals surface area contributed by atoms with E-state index in [1.54, 1.807) is 6.07 Å². The molecule has 16 heavy (non-hydrogen) atoms. The number of hydrogen-bond acceptors (Lipinski definition) is 3. The van der Waals surface area contributed by atoms with Crippen LogP contribution in [-0.2, 0) is 4.74 Å². The molecule has 0 aliphatic heterocycles. The summed E-state index contributed by atoms with van der Waals surface area (Å²) in [5.74, 6) is -0.299. The first-order valence-corrected chi connectivity index (χ1v) is 5.87. The van der Waals surface area contributed by atoms with Gasteiger partial charge < -0.3 is 15.2 Å². The van der Waals surface area contributed by atoms with Gasteiger partial charge in [0.05, 0.1) is 12.7 Å². The summed E-state index contributed by atoms with van der Waals surface area (Å²) in [6.45, 7) is 3.11. The van der Waals surface area contributed by atoms with Gasteiger partial charge in [0, 0.05) is 23.3 Å². The zero-order chi connectivity index (χ0) is 12.0. The van der Waals surface area contributed by atoms with Crippen LogP contribution in [0, 0.1) is 5.82 Å². The molecular formula is C11H15BrFNO2. The maximum Gasteiger partial charge on any atom is 0.124 e. The van der Waals surface area contributed by atoms with Crippen LogP contribution in [0.5, 0.6) is 0 Å². The number of hydrogen-bond donors (Lipinski definition) is 2. The summed E-state index contributed by atoms with van der Waals surface area (Å²) >= 11 is 3.23. The van der Waals surface area contributed by atoms with Crippen molar-refractivity contribution in [2.24, 2.45) is 0 Å². The van der Waals surface area contributed by atoms with Crippen LogP contribution >= 0.6 is 15.9 Å². The summed E-state index contributed by atoms with van der Waals surface area (Å²) < 4.78 is 18.5. The van der Waals surface area contributed by atoms with Gasteiger partial charge in [-0.05, 0) is 41.1 Å². The molecule has 0 aliphatic carbocycles. The smallest absolute Gasteiger partial charge is 0.124 e. The molecule has 0 amide bonds. The fourth-order valence-electron chi connectivity index (χ4n) is 1.17. The molecule has 90 valence electrons. The molecule has 3 nitrogen and oxygen atoms in total. The number of aliphatic hydroxyl groups excluding tert-OH is 1. The quantitative estimate of drug-likeness (QED) is 0.846. The van der Waals surface area contributed by atoms with Crippen molar-refractivity contribution in [1.29, 1.82) is 0 Å². The molecule has 1 aromatic rings. The van der Waals surface area contributed by atoms with Crippen molar-refractivity contribution < 1.29 is 14.2 Å². The Kier molecular flexibility index (Phi) is 5.73. The lowest BCUT2D eigenvalue weighted by atomic mass is 10.3. The Bertz CT molecular complexity index is 336. The molecular weight excluding hydrogens is 277 g/mol. The molecule has 0 aliphatic rings. The van der Waals surface area contributed by atoms with Gasteiger partial charge in [0.15, 0.2) is 0 Å². The second-order valence-electron chi connectivity index (χ2n) is 3.32. The molecule has 5 heteroatoms. The number of anilines is 1. The van der Waals surface area contributed by atoms with Gasteiger partial charge in [-0.15, -0.1) is 0 Å². The zero-order valence-electron chi connectivity index (χ0n) is 9.04. The Morgan fingerprint density at radius 3 is 2.94 bits per heavy atom. The minimum Gasteiger partial charge on any atom is -0.389 e.